The van der Waals surface area contributed by atoms with Gasteiger partial charge in [0, 0.05) is 12.6 Å². The van der Waals surface area contributed by atoms with E-state index in [1.54, 1.807) is 6.33 Å². The molecule has 0 saturated heterocycles. The van der Waals surface area contributed by atoms with Crippen molar-refractivity contribution in [2.75, 3.05) is 11.6 Å². The maximum absolute atomic E-state index is 14.6. The van der Waals surface area contributed by atoms with E-state index in [1.165, 1.54) is 17.8 Å². The van der Waals surface area contributed by atoms with Gasteiger partial charge in [0.05, 0.1) is 12.0 Å². The number of aryl methyl sites for hydroxylation is 1. The molecule has 1 aromatic heterocycles. The lowest BCUT2D eigenvalue weighted by Crippen LogP contribution is -2.38. The zero-order chi connectivity index (χ0) is 21.3. The summed E-state index contributed by atoms with van der Waals surface area (Å²) in [5, 5.41) is 7.04. The molecule has 1 atom stereocenters. The van der Waals surface area contributed by atoms with Crippen LogP contribution in [0.4, 0.5) is 14.6 Å². The Hall–Kier alpha value is -2.71. The van der Waals surface area contributed by atoms with Crippen LogP contribution in [0.25, 0.3) is 0 Å². The molecule has 4 rings (SSSR count). The number of hydrogen-bond acceptors (Lipinski definition) is 5. The van der Waals surface area contributed by atoms with Crippen molar-refractivity contribution in [1.82, 2.24) is 9.55 Å². The van der Waals surface area contributed by atoms with E-state index in [-0.39, 0.29) is 5.56 Å². The van der Waals surface area contributed by atoms with Gasteiger partial charge in [-0.3, -0.25) is 0 Å². The second-order valence-electron chi connectivity index (χ2n) is 7.25. The van der Waals surface area contributed by atoms with Gasteiger partial charge in [0.2, 0.25) is 0 Å². The number of thioether (sulfide) groups is 1. The van der Waals surface area contributed by atoms with E-state index in [0.717, 1.165) is 29.8 Å². The fourth-order valence-electron chi connectivity index (χ4n) is 3.59. The number of anilines is 1. The number of nitrogens with zero attached hydrogens (tertiary/aromatic N) is 4. The Morgan fingerprint density at radius 2 is 1.90 bits per heavy atom. The monoisotopic (exact) mass is 427 g/mol. The van der Waals surface area contributed by atoms with E-state index in [9.17, 15) is 8.78 Å². The molecule has 2 heterocycles. The van der Waals surface area contributed by atoms with Crippen molar-refractivity contribution in [1.29, 1.82) is 0 Å². The number of halogens is 2. The van der Waals surface area contributed by atoms with Crippen LogP contribution in [0.1, 0.15) is 29.7 Å². The summed E-state index contributed by atoms with van der Waals surface area (Å²) >= 11 is 1.41. The lowest BCUT2D eigenvalue weighted by molar-refractivity contribution is 0.522. The van der Waals surface area contributed by atoms with Gasteiger partial charge in [-0.1, -0.05) is 42.1 Å². The van der Waals surface area contributed by atoms with E-state index < -0.39 is 16.5 Å². The van der Waals surface area contributed by atoms with Crippen LogP contribution in [0.15, 0.2) is 60.0 Å². The van der Waals surface area contributed by atoms with Crippen LogP contribution >= 0.6 is 11.8 Å². The maximum Gasteiger partial charge on any atom is 0.171 e. The number of hydrogen-bond donors (Lipinski definition) is 1. The summed E-state index contributed by atoms with van der Waals surface area (Å²) in [6.45, 7) is 2.47. The number of benzene rings is 2. The third-order valence-corrected chi connectivity index (χ3v) is 6.75. The number of nitrogens with two attached hydrogens (primary N) is 1. The van der Waals surface area contributed by atoms with Crippen molar-refractivity contribution in [3.05, 3.63) is 83.3 Å². The van der Waals surface area contributed by atoms with Crippen LogP contribution < -0.4 is 10.7 Å². The van der Waals surface area contributed by atoms with Crippen molar-refractivity contribution in [3.63, 3.8) is 0 Å². The van der Waals surface area contributed by atoms with E-state index in [1.807, 2.05) is 53.9 Å². The first-order valence-electron chi connectivity index (χ1n) is 9.73. The Labute approximate surface area is 178 Å². The molecule has 0 radical (unpaired) electrons. The molecule has 0 fully saturated rings. The maximum atomic E-state index is 14.6. The lowest BCUT2D eigenvalue weighted by Gasteiger charge is -2.36. The molecular weight excluding hydrogens is 404 g/mol. The topological polar surface area (TPSA) is 59.4 Å². The quantitative estimate of drug-likeness (QED) is 0.629. The summed E-state index contributed by atoms with van der Waals surface area (Å²) in [5.74, 6) is -0.338. The van der Waals surface area contributed by atoms with Gasteiger partial charge in [0.1, 0.15) is 21.5 Å². The summed E-state index contributed by atoms with van der Waals surface area (Å²) in [6, 6.07) is 13.3. The molecule has 30 heavy (non-hydrogen) atoms. The van der Waals surface area contributed by atoms with Crippen LogP contribution in [-0.4, -0.2) is 21.1 Å². The Kier molecular flexibility index (Phi) is 5.62. The Morgan fingerprint density at radius 3 is 2.57 bits per heavy atom. The van der Waals surface area contributed by atoms with Crippen LogP contribution in [0.3, 0.4) is 0 Å². The molecule has 0 amide bonds. The second-order valence-corrected chi connectivity index (χ2v) is 8.52. The average Bonchev–Trinajstić information content (AvgIpc) is 3.30. The summed E-state index contributed by atoms with van der Waals surface area (Å²) in [7, 11) is 1.91. The van der Waals surface area contributed by atoms with Gasteiger partial charge in [-0.05, 0) is 50.1 Å². The fourth-order valence-corrected chi connectivity index (χ4v) is 5.02. The average molecular weight is 428 g/mol. The molecule has 0 aliphatic carbocycles. The molecule has 1 aliphatic heterocycles. The van der Waals surface area contributed by atoms with Crippen molar-refractivity contribution >= 4 is 22.6 Å². The normalized spacial score (nSPS) is 18.7. The molecule has 1 aliphatic rings. The summed E-state index contributed by atoms with van der Waals surface area (Å²) < 4.78 is 30.5. The second kappa shape index (κ2) is 8.20. The summed E-state index contributed by atoms with van der Waals surface area (Å²) in [4.78, 5) is 3.89. The van der Waals surface area contributed by atoms with Crippen molar-refractivity contribution < 1.29 is 8.78 Å². The first kappa shape index (κ1) is 20.6. The van der Waals surface area contributed by atoms with E-state index in [2.05, 4.69) is 4.98 Å². The van der Waals surface area contributed by atoms with Gasteiger partial charge >= 0.3 is 0 Å². The molecule has 8 heteroatoms. The Morgan fingerprint density at radius 1 is 1.13 bits per heavy atom. The van der Waals surface area contributed by atoms with Crippen molar-refractivity contribution in [2.24, 2.45) is 17.9 Å². The predicted octanol–water partition coefficient (Wildman–Crippen LogP) is 4.51. The van der Waals surface area contributed by atoms with E-state index in [0.29, 0.717) is 23.8 Å². The highest BCUT2D eigenvalue weighted by Gasteiger charge is 2.47. The van der Waals surface area contributed by atoms with Crippen LogP contribution in [-0.2, 0) is 11.9 Å². The van der Waals surface area contributed by atoms with Gasteiger partial charge in [-0.25, -0.2) is 18.8 Å². The minimum Gasteiger partial charge on any atom is -0.336 e. The van der Waals surface area contributed by atoms with Gasteiger partial charge in [0.15, 0.2) is 5.82 Å². The predicted molar refractivity (Wildman–Crippen MR) is 117 cm³/mol. The molecule has 156 valence electrons. The Bertz CT molecular complexity index is 1080. The smallest absolute Gasteiger partial charge is 0.171 e. The van der Waals surface area contributed by atoms with E-state index >= 15 is 0 Å². The number of aromatic nitrogens is 2. The van der Waals surface area contributed by atoms with Crippen molar-refractivity contribution in [3.8, 4) is 0 Å². The Balaban J connectivity index is 1.91. The number of hydrazone groups is 1. The van der Waals surface area contributed by atoms with Gasteiger partial charge in [-0.15, -0.1) is 0 Å². The summed E-state index contributed by atoms with van der Waals surface area (Å²) in [5.41, 5.74) is 7.93. The van der Waals surface area contributed by atoms with Gasteiger partial charge in [-0.2, -0.15) is 5.10 Å². The zero-order valence-corrected chi connectivity index (χ0v) is 17.7. The highest BCUT2D eigenvalue weighted by Crippen LogP contribution is 2.52. The molecule has 2 N–H and O–H groups in total. The lowest BCUT2D eigenvalue weighted by atomic mass is 10.00. The SMILES string of the molecule is Cc1c(N2N=C(c3cc(F)ccc3F)SC2(CCCN)c2ccccc2)ncn1C. The van der Waals surface area contributed by atoms with E-state index in [4.69, 9.17) is 10.8 Å². The van der Waals surface area contributed by atoms with Gasteiger partial charge < -0.3 is 10.3 Å². The molecule has 0 spiro atoms. The molecule has 0 bridgehead atoms. The summed E-state index contributed by atoms with van der Waals surface area (Å²) in [6.07, 6.45) is 3.13. The molecule has 0 saturated carbocycles. The van der Waals surface area contributed by atoms with Crippen LogP contribution in [0, 0.1) is 18.6 Å². The first-order valence-corrected chi connectivity index (χ1v) is 10.5. The minimum absolute atomic E-state index is 0.143. The van der Waals surface area contributed by atoms with Crippen LogP contribution in [0.2, 0.25) is 0 Å². The molecule has 5 nitrogen and oxygen atoms in total. The highest BCUT2D eigenvalue weighted by atomic mass is 32.2. The fraction of sp³-hybridized carbons (Fsp3) is 0.273. The zero-order valence-electron chi connectivity index (χ0n) is 16.8. The highest BCUT2D eigenvalue weighted by molar-refractivity contribution is 8.15. The number of imidazole rings is 1. The first-order chi connectivity index (χ1) is 14.5. The molecule has 2 aromatic carbocycles. The molecular formula is C22H23F2N5S. The van der Waals surface area contributed by atoms with Gasteiger partial charge in [0.25, 0.3) is 0 Å². The largest absolute Gasteiger partial charge is 0.336 e. The van der Waals surface area contributed by atoms with Crippen LogP contribution in [0.5, 0.6) is 0 Å². The molecule has 1 unspecified atom stereocenters. The third-order valence-electron chi connectivity index (χ3n) is 5.31. The third kappa shape index (κ3) is 3.50. The number of rotatable bonds is 6. The molecule has 3 aromatic rings. The minimum atomic E-state index is -0.673. The standard InChI is InChI=1S/C22H23F2N5S/c1-15-20(26-14-28(15)2)29-22(11-6-12-25,16-7-4-3-5-8-16)30-21(27-29)18-13-17(23)9-10-19(18)24/h3-5,7-10,13-14H,6,11-12,25H2,1-2H3. The van der Waals surface area contributed by atoms with Crippen molar-refractivity contribution in [2.45, 2.75) is 24.6 Å².